The van der Waals surface area contributed by atoms with E-state index in [1.165, 1.54) is 0 Å². The van der Waals surface area contributed by atoms with Crippen LogP contribution in [0.1, 0.15) is 49.9 Å². The number of unbranched alkanes of at least 4 members (excludes halogenated alkanes) is 1. The number of carbonyl (C=O) groups excluding carboxylic acids is 2. The summed E-state index contributed by atoms with van der Waals surface area (Å²) < 4.78 is 11.6. The molecule has 1 unspecified atom stereocenters. The number of carbonyl (C=O) groups is 2. The molecule has 0 radical (unpaired) electrons. The SMILES string of the molecule is CCCCNC(=O)C1CCCN(C(=O)c2cc(Br)c(OCC)c(OC)c2)C1. The average Bonchev–Trinajstić information content (AvgIpc) is 2.69. The Balaban J connectivity index is 2.10. The number of halogens is 1. The number of nitrogens with zero attached hydrogens (tertiary/aromatic N) is 1. The van der Waals surface area contributed by atoms with Gasteiger partial charge in [-0.25, -0.2) is 0 Å². The topological polar surface area (TPSA) is 67.9 Å². The second kappa shape index (κ2) is 10.5. The number of piperidine rings is 1. The molecule has 1 aromatic carbocycles. The molecule has 150 valence electrons. The van der Waals surface area contributed by atoms with Crippen LogP contribution in [-0.2, 0) is 4.79 Å². The fourth-order valence-electron chi connectivity index (χ4n) is 3.22. The number of amides is 2. The summed E-state index contributed by atoms with van der Waals surface area (Å²) in [6.45, 7) is 6.29. The number of hydrogen-bond acceptors (Lipinski definition) is 4. The van der Waals surface area contributed by atoms with Crippen molar-refractivity contribution in [3.8, 4) is 11.5 Å². The first kappa shape index (κ1) is 21.5. The molecule has 0 aromatic heterocycles. The summed E-state index contributed by atoms with van der Waals surface area (Å²) in [6.07, 6.45) is 3.66. The van der Waals surface area contributed by atoms with Gasteiger partial charge in [0.25, 0.3) is 5.91 Å². The molecule has 1 heterocycles. The van der Waals surface area contributed by atoms with E-state index in [1.54, 1.807) is 24.1 Å². The Kier molecular flexibility index (Phi) is 8.41. The number of nitrogens with one attached hydrogen (secondary N) is 1. The molecule has 1 aliphatic rings. The van der Waals surface area contributed by atoms with Gasteiger partial charge in [-0.15, -0.1) is 0 Å². The normalized spacial score (nSPS) is 16.7. The molecule has 0 aliphatic carbocycles. The van der Waals surface area contributed by atoms with Crippen molar-refractivity contribution in [1.82, 2.24) is 10.2 Å². The van der Waals surface area contributed by atoms with E-state index in [-0.39, 0.29) is 17.7 Å². The molecule has 2 amide bonds. The molecule has 1 fully saturated rings. The molecule has 1 aliphatic heterocycles. The van der Waals surface area contributed by atoms with Gasteiger partial charge in [-0.1, -0.05) is 13.3 Å². The first-order valence-electron chi connectivity index (χ1n) is 9.59. The van der Waals surface area contributed by atoms with Crippen molar-refractivity contribution in [3.63, 3.8) is 0 Å². The van der Waals surface area contributed by atoms with Gasteiger partial charge >= 0.3 is 0 Å². The highest BCUT2D eigenvalue weighted by atomic mass is 79.9. The van der Waals surface area contributed by atoms with Crippen molar-refractivity contribution in [3.05, 3.63) is 22.2 Å². The highest BCUT2D eigenvalue weighted by molar-refractivity contribution is 9.10. The van der Waals surface area contributed by atoms with Crippen LogP contribution < -0.4 is 14.8 Å². The Morgan fingerprint density at radius 2 is 2.11 bits per heavy atom. The highest BCUT2D eigenvalue weighted by Gasteiger charge is 2.29. The van der Waals surface area contributed by atoms with Crippen LogP contribution in [0.5, 0.6) is 11.5 Å². The smallest absolute Gasteiger partial charge is 0.254 e. The maximum absolute atomic E-state index is 13.0. The summed E-state index contributed by atoms with van der Waals surface area (Å²) in [7, 11) is 1.55. The minimum atomic E-state index is -0.146. The van der Waals surface area contributed by atoms with Crippen molar-refractivity contribution in [2.24, 2.45) is 5.92 Å². The van der Waals surface area contributed by atoms with E-state index in [1.807, 2.05) is 6.92 Å². The largest absolute Gasteiger partial charge is 0.493 e. The van der Waals surface area contributed by atoms with Crippen molar-refractivity contribution in [2.45, 2.75) is 39.5 Å². The fourth-order valence-corrected chi connectivity index (χ4v) is 3.78. The summed E-state index contributed by atoms with van der Waals surface area (Å²) in [5.74, 6) is 0.908. The third-order valence-corrected chi connectivity index (χ3v) is 5.26. The highest BCUT2D eigenvalue weighted by Crippen LogP contribution is 2.37. The standard InChI is InChI=1S/C20H29BrN2O4/c1-4-6-9-22-19(24)14-8-7-10-23(13-14)20(25)15-11-16(21)18(27-5-2)17(12-15)26-3/h11-12,14H,4-10,13H2,1-3H3,(H,22,24). The van der Waals surface area contributed by atoms with E-state index < -0.39 is 0 Å². The number of hydrogen-bond donors (Lipinski definition) is 1. The lowest BCUT2D eigenvalue weighted by Gasteiger charge is -2.32. The summed E-state index contributed by atoms with van der Waals surface area (Å²) in [4.78, 5) is 27.1. The molecule has 2 rings (SSSR count). The zero-order valence-electron chi connectivity index (χ0n) is 16.3. The van der Waals surface area contributed by atoms with Gasteiger partial charge in [-0.05, 0) is 54.2 Å². The molecule has 1 aromatic rings. The van der Waals surface area contributed by atoms with E-state index in [9.17, 15) is 9.59 Å². The van der Waals surface area contributed by atoms with E-state index in [2.05, 4.69) is 28.2 Å². The number of rotatable bonds is 8. The van der Waals surface area contributed by atoms with Crippen LogP contribution in [0.3, 0.4) is 0 Å². The molecule has 1 N–H and O–H groups in total. The fraction of sp³-hybridized carbons (Fsp3) is 0.600. The lowest BCUT2D eigenvalue weighted by atomic mass is 9.96. The van der Waals surface area contributed by atoms with Crippen LogP contribution in [0, 0.1) is 5.92 Å². The monoisotopic (exact) mass is 440 g/mol. The predicted octanol–water partition coefficient (Wildman–Crippen LogP) is 3.62. The third-order valence-electron chi connectivity index (χ3n) is 4.67. The lowest BCUT2D eigenvalue weighted by molar-refractivity contribution is -0.126. The predicted molar refractivity (Wildman–Crippen MR) is 108 cm³/mol. The summed E-state index contributed by atoms with van der Waals surface area (Å²) in [5, 5.41) is 2.98. The van der Waals surface area contributed by atoms with E-state index in [4.69, 9.17) is 9.47 Å². The lowest BCUT2D eigenvalue weighted by Crippen LogP contribution is -2.45. The molecular weight excluding hydrogens is 412 g/mol. The van der Waals surface area contributed by atoms with E-state index in [0.717, 1.165) is 25.7 Å². The van der Waals surface area contributed by atoms with Gasteiger partial charge in [0.1, 0.15) is 0 Å². The van der Waals surface area contributed by atoms with Crippen LogP contribution in [0.25, 0.3) is 0 Å². The molecule has 0 spiro atoms. The zero-order valence-corrected chi connectivity index (χ0v) is 17.9. The van der Waals surface area contributed by atoms with Gasteiger partial charge in [0, 0.05) is 25.2 Å². The maximum atomic E-state index is 13.0. The quantitative estimate of drug-likeness (QED) is 0.626. The van der Waals surface area contributed by atoms with Crippen LogP contribution in [0.2, 0.25) is 0 Å². The molecule has 6 nitrogen and oxygen atoms in total. The molecule has 0 saturated carbocycles. The van der Waals surface area contributed by atoms with Gasteiger partial charge < -0.3 is 19.7 Å². The average molecular weight is 441 g/mol. The molecular formula is C20H29BrN2O4. The minimum Gasteiger partial charge on any atom is -0.493 e. The summed E-state index contributed by atoms with van der Waals surface area (Å²) in [6, 6.07) is 3.45. The Morgan fingerprint density at radius 3 is 2.78 bits per heavy atom. The number of likely N-dealkylation sites (tertiary alicyclic amines) is 1. The van der Waals surface area contributed by atoms with Crippen molar-refractivity contribution >= 4 is 27.7 Å². The van der Waals surface area contributed by atoms with E-state index in [0.29, 0.717) is 47.8 Å². The van der Waals surface area contributed by atoms with Gasteiger partial charge in [-0.3, -0.25) is 9.59 Å². The first-order chi connectivity index (χ1) is 13.0. The van der Waals surface area contributed by atoms with Gasteiger partial charge in [-0.2, -0.15) is 0 Å². The van der Waals surface area contributed by atoms with Gasteiger partial charge in [0.05, 0.1) is 24.1 Å². The van der Waals surface area contributed by atoms with Crippen molar-refractivity contribution in [1.29, 1.82) is 0 Å². The first-order valence-corrected chi connectivity index (χ1v) is 10.4. The third kappa shape index (κ3) is 5.61. The Labute approximate surface area is 169 Å². The van der Waals surface area contributed by atoms with Gasteiger partial charge in [0.2, 0.25) is 5.91 Å². The summed E-state index contributed by atoms with van der Waals surface area (Å²) >= 11 is 3.46. The van der Waals surface area contributed by atoms with Crippen molar-refractivity contribution < 1.29 is 19.1 Å². The summed E-state index contributed by atoms with van der Waals surface area (Å²) in [5.41, 5.74) is 0.522. The van der Waals surface area contributed by atoms with Crippen LogP contribution in [0.4, 0.5) is 0 Å². The molecule has 1 atom stereocenters. The zero-order chi connectivity index (χ0) is 19.8. The molecule has 1 saturated heterocycles. The van der Waals surface area contributed by atoms with E-state index >= 15 is 0 Å². The maximum Gasteiger partial charge on any atom is 0.254 e. The van der Waals surface area contributed by atoms with Crippen LogP contribution in [0.15, 0.2) is 16.6 Å². The molecule has 0 bridgehead atoms. The van der Waals surface area contributed by atoms with Crippen LogP contribution in [-0.4, -0.2) is 50.1 Å². The Morgan fingerprint density at radius 1 is 1.33 bits per heavy atom. The van der Waals surface area contributed by atoms with Crippen molar-refractivity contribution in [2.75, 3.05) is 33.4 Å². The molecule has 7 heteroatoms. The van der Waals surface area contributed by atoms with Gasteiger partial charge in [0.15, 0.2) is 11.5 Å². The Hall–Kier alpha value is -1.76. The second-order valence-electron chi connectivity index (χ2n) is 6.66. The van der Waals surface area contributed by atoms with Crippen LogP contribution >= 0.6 is 15.9 Å². The molecule has 27 heavy (non-hydrogen) atoms. The number of benzene rings is 1. The number of methoxy groups -OCH3 is 1. The number of ether oxygens (including phenoxy) is 2. The second-order valence-corrected chi connectivity index (χ2v) is 7.51. The minimum absolute atomic E-state index is 0.0476. The Bertz CT molecular complexity index is 666.